The zero-order valence-corrected chi connectivity index (χ0v) is 13.5. The lowest BCUT2D eigenvalue weighted by Gasteiger charge is -2.34. The van der Waals surface area contributed by atoms with Crippen LogP contribution in [-0.2, 0) is 0 Å². The van der Waals surface area contributed by atoms with Gasteiger partial charge in [0.05, 0.1) is 18.5 Å². The highest BCUT2D eigenvalue weighted by Gasteiger charge is 2.25. The highest BCUT2D eigenvalue weighted by Crippen LogP contribution is 2.32. The van der Waals surface area contributed by atoms with Crippen LogP contribution in [0.25, 0.3) is 0 Å². The lowest BCUT2D eigenvalue weighted by molar-refractivity contribution is -0.0512. The maximum absolute atomic E-state index is 12.5. The summed E-state index contributed by atoms with van der Waals surface area (Å²) < 4.78 is 29.5. The molecule has 1 aliphatic heterocycles. The molecule has 22 heavy (non-hydrogen) atoms. The number of nitrogens with one attached hydrogen (secondary N) is 1. The highest BCUT2D eigenvalue weighted by molar-refractivity contribution is 5.85. The van der Waals surface area contributed by atoms with E-state index in [0.717, 1.165) is 26.2 Å². The second kappa shape index (κ2) is 10.6. The first-order chi connectivity index (χ1) is 9.72. The van der Waals surface area contributed by atoms with Crippen LogP contribution < -0.4 is 10.1 Å². The number of nitrogens with zero attached hydrogens (tertiary/aromatic N) is 2. The second-order valence-electron chi connectivity index (χ2n) is 4.58. The third-order valence-electron chi connectivity index (χ3n) is 3.37. The molecule has 8 heteroatoms. The molecule has 2 rings (SSSR count). The molecule has 4 nitrogen and oxygen atoms in total. The van der Waals surface area contributed by atoms with E-state index in [2.05, 4.69) is 21.0 Å². The number of hydrogen-bond acceptors (Lipinski definition) is 4. The first kappa shape index (κ1) is 20.9. The lowest BCUT2D eigenvalue weighted by atomic mass is 10.0. The molecule has 0 aromatic heterocycles. The molecule has 1 N–H and O–H groups in total. The number of para-hydroxylation sites is 1. The Morgan fingerprint density at radius 2 is 1.86 bits per heavy atom. The Bertz CT molecular complexity index is 479. The van der Waals surface area contributed by atoms with Crippen LogP contribution in [0.2, 0.25) is 0 Å². The maximum atomic E-state index is 12.5. The number of ether oxygens (including phenoxy) is 1. The number of halogens is 4. The molecule has 0 radical (unpaired) electrons. The molecular weight excluding hydrogens is 335 g/mol. The van der Waals surface area contributed by atoms with Crippen molar-refractivity contribution in [2.75, 3.05) is 26.2 Å². The molecule has 0 amide bonds. The molecule has 0 saturated carbocycles. The Hall–Kier alpha value is -1.13. The van der Waals surface area contributed by atoms with Crippen molar-refractivity contribution in [3.63, 3.8) is 0 Å². The number of hydrogen-bond donors (Lipinski definition) is 1. The van der Waals surface area contributed by atoms with Gasteiger partial charge in [0.25, 0.3) is 0 Å². The van der Waals surface area contributed by atoms with E-state index in [1.54, 1.807) is 18.2 Å². The molecular formula is C14H19Cl2F2N3O. The van der Waals surface area contributed by atoms with Gasteiger partial charge in [-0.1, -0.05) is 18.2 Å². The van der Waals surface area contributed by atoms with E-state index in [9.17, 15) is 8.78 Å². The summed E-state index contributed by atoms with van der Waals surface area (Å²) in [6, 6.07) is 8.63. The van der Waals surface area contributed by atoms with Gasteiger partial charge in [0.2, 0.25) is 0 Å². The van der Waals surface area contributed by atoms with Crippen molar-refractivity contribution in [1.82, 2.24) is 10.2 Å². The summed E-state index contributed by atoms with van der Waals surface area (Å²) in [6.07, 6.45) is 0.254. The van der Waals surface area contributed by atoms with Crippen molar-refractivity contribution in [2.45, 2.75) is 19.1 Å². The average Bonchev–Trinajstić information content (AvgIpc) is 2.46. The summed E-state index contributed by atoms with van der Waals surface area (Å²) >= 11 is 0. The average molecular weight is 354 g/mol. The molecule has 1 aromatic rings. The SMILES string of the molecule is Cl.Cl.N#CC[C@@H](c1ccccc1OC(F)F)N1CCNCC1. The van der Waals surface area contributed by atoms with Crippen LogP contribution in [0.4, 0.5) is 8.78 Å². The van der Waals surface area contributed by atoms with Gasteiger partial charge < -0.3 is 10.1 Å². The summed E-state index contributed by atoms with van der Waals surface area (Å²) in [5.41, 5.74) is 0.649. The molecule has 124 valence electrons. The third kappa shape index (κ3) is 5.58. The van der Waals surface area contributed by atoms with E-state index in [1.165, 1.54) is 6.07 Å². The Labute approximate surface area is 141 Å². The molecule has 1 aliphatic rings. The number of piperazine rings is 1. The van der Waals surface area contributed by atoms with Crippen LogP contribution in [0.1, 0.15) is 18.0 Å². The fraction of sp³-hybridized carbons (Fsp3) is 0.500. The summed E-state index contributed by atoms with van der Waals surface area (Å²) in [7, 11) is 0. The van der Waals surface area contributed by atoms with E-state index in [-0.39, 0.29) is 43.0 Å². The van der Waals surface area contributed by atoms with Crippen LogP contribution in [-0.4, -0.2) is 37.7 Å². The van der Waals surface area contributed by atoms with Crippen LogP contribution in [0.3, 0.4) is 0 Å². The number of alkyl halides is 2. The van der Waals surface area contributed by atoms with E-state index in [4.69, 9.17) is 5.26 Å². The first-order valence-electron chi connectivity index (χ1n) is 6.58. The molecule has 1 fully saturated rings. The minimum Gasteiger partial charge on any atom is -0.434 e. The van der Waals surface area contributed by atoms with Gasteiger partial charge in [-0.05, 0) is 6.07 Å². The van der Waals surface area contributed by atoms with Crippen molar-refractivity contribution in [1.29, 1.82) is 5.26 Å². The van der Waals surface area contributed by atoms with E-state index >= 15 is 0 Å². The van der Waals surface area contributed by atoms with Gasteiger partial charge in [0.15, 0.2) is 0 Å². The maximum Gasteiger partial charge on any atom is 0.387 e. The molecule has 0 bridgehead atoms. The molecule has 0 unspecified atom stereocenters. The standard InChI is InChI=1S/C14H17F2N3O.2ClH/c15-14(16)20-13-4-2-1-3-11(13)12(5-6-17)19-9-7-18-8-10-19;;/h1-4,12,14,18H,5,7-10H2;2*1H/t12-;;/m0../s1. The largest absolute Gasteiger partial charge is 0.434 e. The topological polar surface area (TPSA) is 48.3 Å². The Kier molecular flexibility index (Phi) is 10.0. The number of nitriles is 1. The highest BCUT2D eigenvalue weighted by atomic mass is 35.5. The second-order valence-corrected chi connectivity index (χ2v) is 4.58. The quantitative estimate of drug-likeness (QED) is 0.883. The summed E-state index contributed by atoms with van der Waals surface area (Å²) in [5.74, 6) is 0.154. The summed E-state index contributed by atoms with van der Waals surface area (Å²) in [6.45, 7) is 0.381. The van der Waals surface area contributed by atoms with Crippen molar-refractivity contribution < 1.29 is 13.5 Å². The third-order valence-corrected chi connectivity index (χ3v) is 3.37. The fourth-order valence-corrected chi connectivity index (χ4v) is 2.48. The molecule has 1 saturated heterocycles. The summed E-state index contributed by atoms with van der Waals surface area (Å²) in [4.78, 5) is 2.13. The number of benzene rings is 1. The predicted molar refractivity (Wildman–Crippen MR) is 85.0 cm³/mol. The van der Waals surface area contributed by atoms with Gasteiger partial charge in [-0.25, -0.2) is 0 Å². The lowest BCUT2D eigenvalue weighted by Crippen LogP contribution is -2.45. The predicted octanol–water partition coefficient (Wildman–Crippen LogP) is 2.99. The minimum atomic E-state index is -2.86. The van der Waals surface area contributed by atoms with Crippen LogP contribution in [0, 0.1) is 11.3 Å². The Morgan fingerprint density at radius 3 is 2.45 bits per heavy atom. The fourth-order valence-electron chi connectivity index (χ4n) is 2.48. The van der Waals surface area contributed by atoms with Crippen molar-refractivity contribution in [3.05, 3.63) is 29.8 Å². The number of rotatable bonds is 5. The zero-order valence-electron chi connectivity index (χ0n) is 11.9. The Morgan fingerprint density at radius 1 is 1.23 bits per heavy atom. The van der Waals surface area contributed by atoms with E-state index in [0.29, 0.717) is 5.56 Å². The summed E-state index contributed by atoms with van der Waals surface area (Å²) in [5, 5.41) is 12.3. The molecule has 1 heterocycles. The van der Waals surface area contributed by atoms with Crippen LogP contribution >= 0.6 is 24.8 Å². The van der Waals surface area contributed by atoms with E-state index < -0.39 is 6.61 Å². The monoisotopic (exact) mass is 353 g/mol. The van der Waals surface area contributed by atoms with Crippen LogP contribution in [0.5, 0.6) is 5.75 Å². The van der Waals surface area contributed by atoms with Gasteiger partial charge in [0, 0.05) is 31.7 Å². The van der Waals surface area contributed by atoms with Crippen LogP contribution in [0.15, 0.2) is 24.3 Å². The van der Waals surface area contributed by atoms with E-state index in [1.807, 2.05) is 0 Å². The molecule has 0 aliphatic carbocycles. The van der Waals surface area contributed by atoms with Gasteiger partial charge in [-0.2, -0.15) is 14.0 Å². The minimum absolute atomic E-state index is 0. The van der Waals surface area contributed by atoms with Gasteiger partial charge in [-0.3, -0.25) is 4.90 Å². The van der Waals surface area contributed by atoms with Crippen molar-refractivity contribution >= 4 is 24.8 Å². The van der Waals surface area contributed by atoms with Gasteiger partial charge in [0.1, 0.15) is 5.75 Å². The zero-order chi connectivity index (χ0) is 14.4. The van der Waals surface area contributed by atoms with Crippen molar-refractivity contribution in [2.24, 2.45) is 0 Å². The van der Waals surface area contributed by atoms with Gasteiger partial charge >= 0.3 is 6.61 Å². The smallest absolute Gasteiger partial charge is 0.387 e. The molecule has 1 aromatic carbocycles. The van der Waals surface area contributed by atoms with Gasteiger partial charge in [-0.15, -0.1) is 24.8 Å². The first-order valence-corrected chi connectivity index (χ1v) is 6.58. The molecule has 0 spiro atoms. The molecule has 1 atom stereocenters. The Balaban J connectivity index is 0.00000220. The normalized spacial score (nSPS) is 16.1. The van der Waals surface area contributed by atoms with Crippen molar-refractivity contribution in [3.8, 4) is 11.8 Å².